The van der Waals surface area contributed by atoms with Gasteiger partial charge >= 0.3 is 5.97 Å². The summed E-state index contributed by atoms with van der Waals surface area (Å²) >= 11 is 1.31. The maximum atomic E-state index is 12.2. The Morgan fingerprint density at radius 2 is 1.85 bits per heavy atom. The van der Waals surface area contributed by atoms with Gasteiger partial charge in [-0.05, 0) is 17.7 Å². The highest BCUT2D eigenvalue weighted by molar-refractivity contribution is 7.09. The predicted molar refractivity (Wildman–Crippen MR) is 100 cm³/mol. The molecule has 0 spiro atoms. The van der Waals surface area contributed by atoms with E-state index in [-0.39, 0.29) is 18.2 Å². The zero-order valence-corrected chi connectivity index (χ0v) is 16.2. The Morgan fingerprint density at radius 3 is 2.46 bits per heavy atom. The van der Waals surface area contributed by atoms with Crippen LogP contribution < -0.4 is 4.90 Å². The number of anilines is 1. The number of benzene rings is 1. The molecule has 0 radical (unpaired) electrons. The average molecular weight is 377 g/mol. The van der Waals surface area contributed by atoms with Gasteiger partial charge in [-0.2, -0.15) is 0 Å². The third-order valence-electron chi connectivity index (χ3n) is 3.65. The van der Waals surface area contributed by atoms with Crippen LogP contribution >= 0.6 is 11.3 Å². The lowest BCUT2D eigenvalue weighted by Gasteiger charge is -2.18. The normalized spacial score (nSPS) is 10.5. The van der Waals surface area contributed by atoms with Crippen molar-refractivity contribution in [2.45, 2.75) is 13.2 Å². The van der Waals surface area contributed by atoms with Gasteiger partial charge in [0, 0.05) is 45.9 Å². The molecule has 26 heavy (non-hydrogen) atoms. The number of carbonyl (C=O) groups excluding carboxylic acids is 2. The van der Waals surface area contributed by atoms with Gasteiger partial charge in [-0.25, -0.2) is 9.78 Å². The fraction of sp³-hybridized carbons (Fsp3) is 0.389. The molecule has 1 heterocycles. The van der Waals surface area contributed by atoms with Crippen molar-refractivity contribution in [2.75, 3.05) is 39.8 Å². The topological polar surface area (TPSA) is 72.0 Å². The number of ether oxygens (including phenoxy) is 2. The molecule has 0 aliphatic heterocycles. The minimum atomic E-state index is -0.610. The summed E-state index contributed by atoms with van der Waals surface area (Å²) in [5.74, 6) is -0.886. The van der Waals surface area contributed by atoms with Crippen LogP contribution in [-0.2, 0) is 27.4 Å². The summed E-state index contributed by atoms with van der Waals surface area (Å²) < 4.78 is 10.0. The second kappa shape index (κ2) is 9.30. The number of amides is 1. The van der Waals surface area contributed by atoms with Crippen LogP contribution in [0.25, 0.3) is 0 Å². The highest BCUT2D eigenvalue weighted by atomic mass is 32.1. The number of carbonyl (C=O) groups is 2. The van der Waals surface area contributed by atoms with Gasteiger partial charge in [0.1, 0.15) is 5.01 Å². The highest BCUT2D eigenvalue weighted by Gasteiger charge is 2.16. The van der Waals surface area contributed by atoms with Crippen LogP contribution in [0.2, 0.25) is 0 Å². The molecule has 0 aliphatic rings. The van der Waals surface area contributed by atoms with Gasteiger partial charge in [0.25, 0.3) is 5.91 Å². The summed E-state index contributed by atoms with van der Waals surface area (Å²) in [5, 5.41) is 2.28. The molecule has 2 rings (SSSR count). The standard InChI is InChI=1S/C18H23N3O4S/c1-20(2)14-7-5-13(6-8-14)9-21(3)17(22)11-25-18(23)15-12-26-16(19-15)10-24-4/h5-8,12H,9-11H2,1-4H3. The van der Waals surface area contributed by atoms with E-state index < -0.39 is 5.97 Å². The van der Waals surface area contributed by atoms with E-state index in [1.165, 1.54) is 16.2 Å². The molecule has 0 N–H and O–H groups in total. The number of methoxy groups -OCH3 is 1. The Balaban J connectivity index is 1.83. The second-order valence-corrected chi connectivity index (χ2v) is 6.89. The molecule has 7 nitrogen and oxygen atoms in total. The lowest BCUT2D eigenvalue weighted by Crippen LogP contribution is -2.30. The molecule has 1 aromatic carbocycles. The molecule has 2 aromatic rings. The van der Waals surface area contributed by atoms with E-state index in [4.69, 9.17) is 9.47 Å². The Morgan fingerprint density at radius 1 is 1.15 bits per heavy atom. The first-order valence-electron chi connectivity index (χ1n) is 8.01. The van der Waals surface area contributed by atoms with Crippen LogP contribution in [0.15, 0.2) is 29.6 Å². The molecular formula is C18H23N3O4S. The zero-order valence-electron chi connectivity index (χ0n) is 15.4. The van der Waals surface area contributed by atoms with Gasteiger partial charge in [0.05, 0.1) is 6.61 Å². The van der Waals surface area contributed by atoms with Crippen LogP contribution in [0.4, 0.5) is 5.69 Å². The van der Waals surface area contributed by atoms with Gasteiger partial charge in [0.15, 0.2) is 12.3 Å². The molecule has 1 amide bonds. The first-order chi connectivity index (χ1) is 12.4. The minimum Gasteiger partial charge on any atom is -0.451 e. The number of hydrogen-bond donors (Lipinski definition) is 0. The summed E-state index contributed by atoms with van der Waals surface area (Å²) in [6.45, 7) is 0.466. The molecule has 140 valence electrons. The van der Waals surface area contributed by atoms with Crippen molar-refractivity contribution >= 4 is 28.9 Å². The van der Waals surface area contributed by atoms with Crippen molar-refractivity contribution < 1.29 is 19.1 Å². The van der Waals surface area contributed by atoms with Gasteiger partial charge in [-0.1, -0.05) is 12.1 Å². The third kappa shape index (κ3) is 5.53. The maximum absolute atomic E-state index is 12.2. The predicted octanol–water partition coefficient (Wildman–Crippen LogP) is 2.17. The molecule has 0 bridgehead atoms. The summed E-state index contributed by atoms with van der Waals surface area (Å²) in [6, 6.07) is 7.93. The van der Waals surface area contributed by atoms with E-state index in [2.05, 4.69) is 4.98 Å². The van der Waals surface area contributed by atoms with Crippen LogP contribution in [0, 0.1) is 0 Å². The van der Waals surface area contributed by atoms with Crippen molar-refractivity contribution in [2.24, 2.45) is 0 Å². The summed E-state index contributed by atoms with van der Waals surface area (Å²) in [5.41, 5.74) is 2.28. The summed E-state index contributed by atoms with van der Waals surface area (Å²) in [7, 11) is 7.18. The van der Waals surface area contributed by atoms with E-state index in [1.807, 2.05) is 43.3 Å². The maximum Gasteiger partial charge on any atom is 0.358 e. The SMILES string of the molecule is COCc1nc(C(=O)OCC(=O)N(C)Cc2ccc(N(C)C)cc2)cs1. The van der Waals surface area contributed by atoms with Crippen molar-refractivity contribution in [3.63, 3.8) is 0 Å². The van der Waals surface area contributed by atoms with Crippen LogP contribution in [0.1, 0.15) is 21.1 Å². The van der Waals surface area contributed by atoms with Crippen LogP contribution in [0.5, 0.6) is 0 Å². The first-order valence-corrected chi connectivity index (χ1v) is 8.89. The lowest BCUT2D eigenvalue weighted by atomic mass is 10.2. The molecule has 0 fully saturated rings. The van der Waals surface area contributed by atoms with E-state index in [1.54, 1.807) is 19.5 Å². The molecule has 8 heteroatoms. The number of hydrogen-bond acceptors (Lipinski definition) is 7. The van der Waals surface area contributed by atoms with Crippen molar-refractivity contribution in [1.82, 2.24) is 9.88 Å². The fourth-order valence-corrected chi connectivity index (χ4v) is 2.90. The highest BCUT2D eigenvalue weighted by Crippen LogP contribution is 2.14. The second-order valence-electron chi connectivity index (χ2n) is 5.95. The molecule has 0 saturated heterocycles. The van der Waals surface area contributed by atoms with Gasteiger partial charge < -0.3 is 19.3 Å². The number of esters is 1. The number of rotatable bonds is 8. The number of aromatic nitrogens is 1. The van der Waals surface area contributed by atoms with Gasteiger partial charge in [-0.15, -0.1) is 11.3 Å². The van der Waals surface area contributed by atoms with Gasteiger partial charge in [-0.3, -0.25) is 4.79 Å². The van der Waals surface area contributed by atoms with Gasteiger partial charge in [0.2, 0.25) is 0 Å². The fourth-order valence-electron chi connectivity index (χ4n) is 2.17. The Bertz CT molecular complexity index is 743. The number of nitrogens with zero attached hydrogens (tertiary/aromatic N) is 3. The first kappa shape index (κ1) is 19.9. The van der Waals surface area contributed by atoms with Crippen molar-refractivity contribution in [3.8, 4) is 0 Å². The summed E-state index contributed by atoms with van der Waals surface area (Å²) in [4.78, 5) is 31.8. The van der Waals surface area contributed by atoms with E-state index in [0.29, 0.717) is 18.2 Å². The largest absolute Gasteiger partial charge is 0.451 e. The molecule has 0 atom stereocenters. The zero-order chi connectivity index (χ0) is 19.1. The monoisotopic (exact) mass is 377 g/mol. The number of likely N-dealkylation sites (N-methyl/N-ethyl adjacent to an activating group) is 1. The molecule has 0 saturated carbocycles. The lowest BCUT2D eigenvalue weighted by molar-refractivity contribution is -0.133. The molecule has 0 unspecified atom stereocenters. The van der Waals surface area contributed by atoms with E-state index in [9.17, 15) is 9.59 Å². The Kier molecular flexibility index (Phi) is 7.11. The molecule has 1 aromatic heterocycles. The quantitative estimate of drug-likeness (QED) is 0.657. The van der Waals surface area contributed by atoms with E-state index in [0.717, 1.165) is 11.3 Å². The molecular weight excluding hydrogens is 354 g/mol. The van der Waals surface area contributed by atoms with E-state index >= 15 is 0 Å². The van der Waals surface area contributed by atoms with Crippen molar-refractivity contribution in [1.29, 1.82) is 0 Å². The third-order valence-corrected chi connectivity index (χ3v) is 4.48. The van der Waals surface area contributed by atoms with Crippen LogP contribution in [0.3, 0.4) is 0 Å². The Labute approximate surface area is 157 Å². The van der Waals surface area contributed by atoms with Crippen LogP contribution in [-0.4, -0.2) is 56.6 Å². The summed E-state index contributed by atoms with van der Waals surface area (Å²) in [6.07, 6.45) is 0. The smallest absolute Gasteiger partial charge is 0.358 e. The minimum absolute atomic E-state index is 0.191. The van der Waals surface area contributed by atoms with Crippen molar-refractivity contribution in [3.05, 3.63) is 45.9 Å². The number of thiazole rings is 1. The molecule has 0 aliphatic carbocycles. The average Bonchev–Trinajstić information content (AvgIpc) is 3.09. The Hall–Kier alpha value is -2.45.